The number of nitrogens with zero attached hydrogens (tertiary/aromatic N) is 1. The lowest BCUT2D eigenvalue weighted by atomic mass is 9.98. The van der Waals surface area contributed by atoms with Crippen molar-refractivity contribution in [3.63, 3.8) is 0 Å². The van der Waals surface area contributed by atoms with E-state index in [2.05, 4.69) is 16.0 Å². The van der Waals surface area contributed by atoms with Gasteiger partial charge in [0.1, 0.15) is 5.69 Å². The minimum atomic E-state index is -4.45. The van der Waals surface area contributed by atoms with Crippen LogP contribution in [0.1, 0.15) is 56.1 Å². The van der Waals surface area contributed by atoms with Gasteiger partial charge in [-0.1, -0.05) is 42.5 Å². The van der Waals surface area contributed by atoms with Gasteiger partial charge in [0, 0.05) is 37.4 Å². The fourth-order valence-corrected chi connectivity index (χ4v) is 5.33. The molecule has 1 aliphatic heterocycles. The van der Waals surface area contributed by atoms with E-state index in [0.29, 0.717) is 50.2 Å². The molecule has 0 spiro atoms. The Bertz CT molecular complexity index is 1390. The van der Waals surface area contributed by atoms with Crippen LogP contribution in [0.2, 0.25) is 0 Å². The number of nitrogens with one attached hydrogen (secondary N) is 3. The largest absolute Gasteiger partial charge is 0.478 e. The Morgan fingerprint density at radius 2 is 1.82 bits per heavy atom. The standard InChI is InChI=1S/C29H31F3N4O4/c30-29(31,32)20-8-4-7-19(14-20)28(9-10-28)34-17-25(37)22(13-18-5-2-1-3-6-18)35-26(38)23-15-21(27(39)40)24-16-33-11-12-36(23)24/h1-8,14-15,22,25,33-34,37H,9-13,16-17H2,(H,35,38)(H,39,40)/t22-,25-/m0/s1. The number of alkyl halides is 3. The van der Waals surface area contributed by atoms with Crippen LogP contribution in [-0.2, 0) is 31.2 Å². The summed E-state index contributed by atoms with van der Waals surface area (Å²) in [7, 11) is 0. The Labute approximate surface area is 229 Å². The first kappa shape index (κ1) is 27.9. The molecule has 8 nitrogen and oxygen atoms in total. The highest BCUT2D eigenvalue weighted by Crippen LogP contribution is 2.46. The first-order chi connectivity index (χ1) is 19.1. The molecule has 0 radical (unpaired) electrons. The molecular weight excluding hydrogens is 525 g/mol. The fourth-order valence-electron chi connectivity index (χ4n) is 5.33. The number of hydrogen-bond donors (Lipinski definition) is 5. The zero-order chi connectivity index (χ0) is 28.5. The number of carbonyl (C=O) groups excluding carboxylic acids is 1. The van der Waals surface area contributed by atoms with Gasteiger partial charge in [-0.3, -0.25) is 4.79 Å². The number of rotatable bonds is 10. The van der Waals surface area contributed by atoms with Crippen molar-refractivity contribution >= 4 is 11.9 Å². The molecule has 1 aliphatic carbocycles. The van der Waals surface area contributed by atoms with E-state index < -0.39 is 41.3 Å². The quantitative estimate of drug-likeness (QED) is 0.262. The predicted octanol–water partition coefficient (Wildman–Crippen LogP) is 3.29. The maximum absolute atomic E-state index is 13.4. The van der Waals surface area contributed by atoms with Crippen LogP contribution in [-0.4, -0.2) is 51.9 Å². The van der Waals surface area contributed by atoms with Crippen molar-refractivity contribution in [1.82, 2.24) is 20.5 Å². The number of aliphatic hydroxyl groups is 1. The van der Waals surface area contributed by atoms with Gasteiger partial charge >= 0.3 is 12.1 Å². The Balaban J connectivity index is 1.34. The number of amides is 1. The summed E-state index contributed by atoms with van der Waals surface area (Å²) < 4.78 is 41.5. The summed E-state index contributed by atoms with van der Waals surface area (Å²) >= 11 is 0. The SMILES string of the molecule is O=C(O)c1cc(C(=O)N[C@@H](Cc2ccccc2)[C@@H](O)CNC2(c3cccc(C(F)(F)F)c3)CC2)n2c1CNCC2. The highest BCUT2D eigenvalue weighted by Gasteiger charge is 2.45. The highest BCUT2D eigenvalue weighted by atomic mass is 19.4. The number of hydrogen-bond acceptors (Lipinski definition) is 5. The van der Waals surface area contributed by atoms with E-state index >= 15 is 0 Å². The van der Waals surface area contributed by atoms with E-state index in [1.807, 2.05) is 30.3 Å². The number of aromatic nitrogens is 1. The van der Waals surface area contributed by atoms with Gasteiger partial charge in [-0.2, -0.15) is 13.2 Å². The number of halogens is 3. The first-order valence-electron chi connectivity index (χ1n) is 13.2. The summed E-state index contributed by atoms with van der Waals surface area (Å²) in [4.78, 5) is 25.2. The van der Waals surface area contributed by atoms with Gasteiger partial charge in [0.25, 0.3) is 5.91 Å². The molecule has 5 rings (SSSR count). The van der Waals surface area contributed by atoms with Crippen LogP contribution < -0.4 is 16.0 Å². The number of benzene rings is 2. The lowest BCUT2D eigenvalue weighted by Crippen LogP contribution is -2.50. The smallest absolute Gasteiger partial charge is 0.416 e. The van der Waals surface area contributed by atoms with Crippen molar-refractivity contribution in [1.29, 1.82) is 0 Å². The third-order valence-corrected chi connectivity index (χ3v) is 7.70. The van der Waals surface area contributed by atoms with E-state index in [9.17, 15) is 33.0 Å². The summed E-state index contributed by atoms with van der Waals surface area (Å²) in [6, 6.07) is 15.1. The Hall–Kier alpha value is -3.67. The lowest BCUT2D eigenvalue weighted by molar-refractivity contribution is -0.137. The Kier molecular flexibility index (Phi) is 7.72. The van der Waals surface area contributed by atoms with Crippen LogP contribution >= 0.6 is 0 Å². The number of carboxylic acid groups (broad SMARTS) is 1. The van der Waals surface area contributed by atoms with Crippen molar-refractivity contribution in [3.05, 3.63) is 94.3 Å². The third kappa shape index (κ3) is 5.91. The molecular formula is C29H31F3N4O4. The maximum Gasteiger partial charge on any atom is 0.416 e. The van der Waals surface area contributed by atoms with Crippen LogP contribution in [0.5, 0.6) is 0 Å². The Morgan fingerprint density at radius 1 is 1.07 bits per heavy atom. The maximum atomic E-state index is 13.4. The van der Waals surface area contributed by atoms with Crippen molar-refractivity contribution in [2.45, 2.75) is 56.2 Å². The lowest BCUT2D eigenvalue weighted by Gasteiger charge is -2.28. The van der Waals surface area contributed by atoms with Gasteiger partial charge in [-0.25, -0.2) is 4.79 Å². The zero-order valence-corrected chi connectivity index (χ0v) is 21.7. The minimum Gasteiger partial charge on any atom is -0.478 e. The summed E-state index contributed by atoms with van der Waals surface area (Å²) in [6.07, 6.45) is -3.99. The van der Waals surface area contributed by atoms with Gasteiger partial charge in [0.05, 0.1) is 23.3 Å². The monoisotopic (exact) mass is 556 g/mol. The van der Waals surface area contributed by atoms with E-state index in [0.717, 1.165) is 17.7 Å². The average Bonchev–Trinajstić information content (AvgIpc) is 3.63. The van der Waals surface area contributed by atoms with Gasteiger partial charge < -0.3 is 30.7 Å². The van der Waals surface area contributed by atoms with Gasteiger partial charge in [-0.15, -0.1) is 0 Å². The second kappa shape index (κ2) is 11.1. The summed E-state index contributed by atoms with van der Waals surface area (Å²) in [6.45, 7) is 1.37. The number of carbonyl (C=O) groups is 2. The molecule has 1 aromatic heterocycles. The molecule has 11 heteroatoms. The molecule has 2 atom stereocenters. The van der Waals surface area contributed by atoms with Crippen molar-refractivity contribution in [2.75, 3.05) is 13.1 Å². The molecule has 3 aromatic rings. The molecule has 1 saturated carbocycles. The fraction of sp³-hybridized carbons (Fsp3) is 0.379. The summed E-state index contributed by atoms with van der Waals surface area (Å²) in [5.41, 5.74) is 0.756. The number of aromatic carboxylic acids is 1. The van der Waals surface area contributed by atoms with Crippen molar-refractivity contribution in [3.8, 4) is 0 Å². The molecule has 40 heavy (non-hydrogen) atoms. The van der Waals surface area contributed by atoms with Crippen molar-refractivity contribution in [2.24, 2.45) is 0 Å². The molecule has 1 fully saturated rings. The van der Waals surface area contributed by atoms with E-state index in [4.69, 9.17) is 0 Å². The predicted molar refractivity (Wildman–Crippen MR) is 141 cm³/mol. The molecule has 212 valence electrons. The summed E-state index contributed by atoms with van der Waals surface area (Å²) in [5, 5.41) is 30.1. The molecule has 2 aliphatic rings. The third-order valence-electron chi connectivity index (χ3n) is 7.70. The minimum absolute atomic E-state index is 0.0323. The van der Waals surface area contributed by atoms with Crippen LogP contribution in [0.4, 0.5) is 13.2 Å². The van der Waals surface area contributed by atoms with Gasteiger partial charge in [-0.05, 0) is 48.6 Å². The van der Waals surface area contributed by atoms with E-state index in [-0.39, 0.29) is 17.8 Å². The molecule has 2 aromatic carbocycles. The number of carboxylic acids is 1. The summed E-state index contributed by atoms with van der Waals surface area (Å²) in [5.74, 6) is -1.63. The number of aliphatic hydroxyl groups excluding tert-OH is 1. The zero-order valence-electron chi connectivity index (χ0n) is 21.7. The highest BCUT2D eigenvalue weighted by molar-refractivity contribution is 5.98. The molecule has 0 unspecified atom stereocenters. The second-order valence-corrected chi connectivity index (χ2v) is 10.4. The molecule has 0 bridgehead atoms. The topological polar surface area (TPSA) is 116 Å². The van der Waals surface area contributed by atoms with Gasteiger partial charge in [0.15, 0.2) is 0 Å². The van der Waals surface area contributed by atoms with Crippen LogP contribution in [0.15, 0.2) is 60.7 Å². The van der Waals surface area contributed by atoms with Crippen LogP contribution in [0, 0.1) is 0 Å². The number of fused-ring (bicyclic) bond motifs is 1. The molecule has 2 heterocycles. The molecule has 1 amide bonds. The second-order valence-electron chi connectivity index (χ2n) is 10.4. The first-order valence-corrected chi connectivity index (χ1v) is 13.2. The van der Waals surface area contributed by atoms with Crippen LogP contribution in [0.3, 0.4) is 0 Å². The van der Waals surface area contributed by atoms with Gasteiger partial charge in [0.2, 0.25) is 0 Å². The Morgan fingerprint density at radius 3 is 2.50 bits per heavy atom. The van der Waals surface area contributed by atoms with Crippen molar-refractivity contribution < 1.29 is 33.0 Å². The normalized spacial score (nSPS) is 17.5. The van der Waals surface area contributed by atoms with E-state index in [1.54, 1.807) is 10.6 Å². The molecule has 5 N–H and O–H groups in total. The van der Waals surface area contributed by atoms with E-state index in [1.165, 1.54) is 12.1 Å². The molecule has 0 saturated heterocycles. The van der Waals surface area contributed by atoms with Crippen LogP contribution in [0.25, 0.3) is 0 Å². The average molecular weight is 557 g/mol.